The molecule has 98 valence electrons. The molecule has 18 heavy (non-hydrogen) atoms. The van der Waals surface area contributed by atoms with Gasteiger partial charge in [-0.15, -0.1) is 12.4 Å². The lowest BCUT2D eigenvalue weighted by Crippen LogP contribution is -2.33. The number of phenols is 1. The first kappa shape index (κ1) is 14.3. The summed E-state index contributed by atoms with van der Waals surface area (Å²) in [5.41, 5.74) is 7.31. The number of carbonyl (C=O) groups is 1. The van der Waals surface area contributed by atoms with E-state index in [2.05, 4.69) is 9.72 Å². The van der Waals surface area contributed by atoms with Gasteiger partial charge in [0.1, 0.15) is 11.8 Å². The highest BCUT2D eigenvalue weighted by Gasteiger charge is 2.17. The van der Waals surface area contributed by atoms with E-state index in [1.807, 2.05) is 6.07 Å². The van der Waals surface area contributed by atoms with E-state index >= 15 is 0 Å². The van der Waals surface area contributed by atoms with Crippen molar-refractivity contribution in [3.8, 4) is 5.75 Å². The number of nitrogens with two attached hydrogens (primary N) is 1. The van der Waals surface area contributed by atoms with Gasteiger partial charge in [0.25, 0.3) is 0 Å². The number of aromatic amines is 1. The standard InChI is InChI=1S/C12H14N2O3.ClH/c1-17-12(16)8(13)5-7-6-14-9-3-2-4-10(15)11(7)9;/h2-4,6,8,14-15H,5,13H2,1H3;1H. The second-order valence-corrected chi connectivity index (χ2v) is 3.85. The predicted molar refractivity (Wildman–Crippen MR) is 70.9 cm³/mol. The van der Waals surface area contributed by atoms with Gasteiger partial charge in [-0.2, -0.15) is 0 Å². The smallest absolute Gasteiger partial charge is 0.322 e. The SMILES string of the molecule is COC(=O)C(N)Cc1c[nH]c2cccc(O)c12.Cl. The first-order valence-corrected chi connectivity index (χ1v) is 5.25. The monoisotopic (exact) mass is 270 g/mol. The Morgan fingerprint density at radius 2 is 2.28 bits per heavy atom. The Morgan fingerprint density at radius 1 is 1.56 bits per heavy atom. The average Bonchev–Trinajstić information content (AvgIpc) is 2.72. The van der Waals surface area contributed by atoms with Gasteiger partial charge in [0, 0.05) is 23.5 Å². The Hall–Kier alpha value is -1.72. The Labute approximate surface area is 110 Å². The Balaban J connectivity index is 0.00000162. The lowest BCUT2D eigenvalue weighted by atomic mass is 10.1. The number of fused-ring (bicyclic) bond motifs is 1. The zero-order valence-electron chi connectivity index (χ0n) is 9.84. The van der Waals surface area contributed by atoms with Gasteiger partial charge in [-0.3, -0.25) is 4.79 Å². The van der Waals surface area contributed by atoms with Gasteiger partial charge >= 0.3 is 5.97 Å². The maximum Gasteiger partial charge on any atom is 0.322 e. The molecular formula is C12H15ClN2O3. The molecule has 1 aromatic heterocycles. The fourth-order valence-corrected chi connectivity index (χ4v) is 1.87. The van der Waals surface area contributed by atoms with Crippen LogP contribution in [0, 0.1) is 0 Å². The Bertz CT molecular complexity index is 553. The predicted octanol–water partition coefficient (Wildman–Crippen LogP) is 1.34. The molecule has 0 aliphatic rings. The molecule has 5 nitrogen and oxygen atoms in total. The van der Waals surface area contributed by atoms with Crippen molar-refractivity contribution in [3.05, 3.63) is 30.0 Å². The number of hydrogen-bond acceptors (Lipinski definition) is 4. The summed E-state index contributed by atoms with van der Waals surface area (Å²) in [7, 11) is 1.30. The number of benzene rings is 1. The summed E-state index contributed by atoms with van der Waals surface area (Å²) in [5.74, 6) is -0.286. The molecule has 6 heteroatoms. The highest BCUT2D eigenvalue weighted by molar-refractivity contribution is 5.89. The van der Waals surface area contributed by atoms with Gasteiger partial charge in [0.05, 0.1) is 7.11 Å². The largest absolute Gasteiger partial charge is 0.507 e. The first-order valence-electron chi connectivity index (χ1n) is 5.25. The van der Waals surface area contributed by atoms with Gasteiger partial charge in [0.15, 0.2) is 0 Å². The molecular weight excluding hydrogens is 256 g/mol. The first-order chi connectivity index (χ1) is 8.13. The van der Waals surface area contributed by atoms with Crippen molar-refractivity contribution in [2.45, 2.75) is 12.5 Å². The third-order valence-electron chi connectivity index (χ3n) is 2.71. The third-order valence-corrected chi connectivity index (χ3v) is 2.71. The fraction of sp³-hybridized carbons (Fsp3) is 0.250. The molecule has 1 aromatic carbocycles. The van der Waals surface area contributed by atoms with Gasteiger partial charge < -0.3 is 20.6 Å². The van der Waals surface area contributed by atoms with Crippen molar-refractivity contribution in [1.82, 2.24) is 4.98 Å². The summed E-state index contributed by atoms with van der Waals surface area (Å²) in [4.78, 5) is 14.3. The molecule has 2 rings (SSSR count). The van der Waals surface area contributed by atoms with E-state index in [1.165, 1.54) is 7.11 Å². The zero-order valence-corrected chi connectivity index (χ0v) is 10.7. The topological polar surface area (TPSA) is 88.3 Å². The minimum atomic E-state index is -0.724. The highest BCUT2D eigenvalue weighted by atomic mass is 35.5. The van der Waals surface area contributed by atoms with Crippen LogP contribution in [0.1, 0.15) is 5.56 Å². The lowest BCUT2D eigenvalue weighted by Gasteiger charge is -2.08. The van der Waals surface area contributed by atoms with Crippen molar-refractivity contribution in [1.29, 1.82) is 0 Å². The van der Waals surface area contributed by atoms with Crippen LogP contribution in [0.2, 0.25) is 0 Å². The van der Waals surface area contributed by atoms with Crippen molar-refractivity contribution in [3.63, 3.8) is 0 Å². The van der Waals surface area contributed by atoms with Crippen molar-refractivity contribution < 1.29 is 14.6 Å². The molecule has 1 atom stereocenters. The number of rotatable bonds is 3. The number of methoxy groups -OCH3 is 1. The number of aromatic nitrogens is 1. The summed E-state index contributed by atoms with van der Waals surface area (Å²) in [6.45, 7) is 0. The quantitative estimate of drug-likeness (QED) is 0.735. The Kier molecular flexibility index (Phi) is 4.58. The maximum absolute atomic E-state index is 11.2. The van der Waals surface area contributed by atoms with Crippen LogP contribution in [0.15, 0.2) is 24.4 Å². The molecule has 0 spiro atoms. The molecule has 0 radical (unpaired) electrons. The van der Waals surface area contributed by atoms with E-state index in [1.54, 1.807) is 18.3 Å². The number of aromatic hydroxyl groups is 1. The van der Waals surface area contributed by atoms with Crippen LogP contribution in [0.5, 0.6) is 5.75 Å². The molecule has 0 saturated heterocycles. The summed E-state index contributed by atoms with van der Waals surface area (Å²) >= 11 is 0. The van der Waals surface area contributed by atoms with E-state index in [0.29, 0.717) is 11.8 Å². The minimum Gasteiger partial charge on any atom is -0.507 e. The second-order valence-electron chi connectivity index (χ2n) is 3.85. The number of nitrogens with one attached hydrogen (secondary N) is 1. The lowest BCUT2D eigenvalue weighted by molar-refractivity contribution is -0.142. The number of H-pyrrole nitrogens is 1. The van der Waals surface area contributed by atoms with Crippen molar-refractivity contribution in [2.24, 2.45) is 5.73 Å². The van der Waals surface area contributed by atoms with Crippen LogP contribution < -0.4 is 5.73 Å². The molecule has 0 aliphatic heterocycles. The van der Waals surface area contributed by atoms with Crippen molar-refractivity contribution >= 4 is 29.3 Å². The number of phenolic OH excluding ortho intramolecular Hbond substituents is 1. The van der Waals surface area contributed by atoms with E-state index in [9.17, 15) is 9.90 Å². The van der Waals surface area contributed by atoms with Crippen LogP contribution in [0.4, 0.5) is 0 Å². The Morgan fingerprint density at radius 3 is 2.94 bits per heavy atom. The zero-order chi connectivity index (χ0) is 12.4. The summed E-state index contributed by atoms with van der Waals surface area (Å²) in [5, 5.41) is 10.5. The highest BCUT2D eigenvalue weighted by Crippen LogP contribution is 2.28. The van der Waals surface area contributed by atoms with Crippen molar-refractivity contribution in [2.75, 3.05) is 7.11 Å². The number of esters is 1. The molecule has 0 saturated carbocycles. The number of hydrogen-bond donors (Lipinski definition) is 3. The molecule has 0 amide bonds. The van der Waals surface area contributed by atoms with E-state index in [4.69, 9.17) is 5.73 Å². The minimum absolute atomic E-state index is 0. The summed E-state index contributed by atoms with van der Waals surface area (Å²) in [6.07, 6.45) is 2.07. The average molecular weight is 271 g/mol. The van der Waals surface area contributed by atoms with Gasteiger partial charge in [-0.05, 0) is 17.7 Å². The normalized spacial score (nSPS) is 11.9. The molecule has 1 unspecified atom stereocenters. The van der Waals surface area contributed by atoms with Crippen LogP contribution in [0.25, 0.3) is 10.9 Å². The molecule has 0 fully saturated rings. The third kappa shape index (κ3) is 2.57. The number of halogens is 1. The van der Waals surface area contributed by atoms with E-state index < -0.39 is 12.0 Å². The molecule has 1 heterocycles. The maximum atomic E-state index is 11.2. The second kappa shape index (κ2) is 5.75. The number of ether oxygens (including phenoxy) is 1. The van der Waals surface area contributed by atoms with Crippen LogP contribution in [0.3, 0.4) is 0 Å². The molecule has 4 N–H and O–H groups in total. The molecule has 0 aliphatic carbocycles. The molecule has 0 bridgehead atoms. The summed E-state index contributed by atoms with van der Waals surface area (Å²) < 4.78 is 4.57. The van der Waals surface area contributed by atoms with E-state index in [-0.39, 0.29) is 18.2 Å². The molecule has 2 aromatic rings. The van der Waals surface area contributed by atoms with Gasteiger partial charge in [0.2, 0.25) is 0 Å². The van der Waals surface area contributed by atoms with Gasteiger partial charge in [-0.1, -0.05) is 6.07 Å². The van der Waals surface area contributed by atoms with Crippen LogP contribution in [-0.2, 0) is 16.0 Å². The van der Waals surface area contributed by atoms with Crippen LogP contribution >= 0.6 is 12.4 Å². The summed E-state index contributed by atoms with van der Waals surface area (Å²) in [6, 6.07) is 4.47. The van der Waals surface area contributed by atoms with E-state index in [0.717, 1.165) is 11.1 Å². The van der Waals surface area contributed by atoms with Gasteiger partial charge in [-0.25, -0.2) is 0 Å². The van der Waals surface area contributed by atoms with Crippen LogP contribution in [-0.4, -0.2) is 29.2 Å². The number of carbonyl (C=O) groups excluding carboxylic acids is 1. The fourth-order valence-electron chi connectivity index (χ4n) is 1.87.